The lowest BCUT2D eigenvalue weighted by Gasteiger charge is -2.35. The van der Waals surface area contributed by atoms with Gasteiger partial charge in [0.05, 0.1) is 4.90 Å². The zero-order valence-electron chi connectivity index (χ0n) is 17.4. The number of sulfone groups is 1. The molecule has 0 bridgehead atoms. The fourth-order valence-electron chi connectivity index (χ4n) is 3.45. The van der Waals surface area contributed by atoms with Gasteiger partial charge in [0.15, 0.2) is 15.8 Å². The minimum absolute atomic E-state index is 0. The summed E-state index contributed by atoms with van der Waals surface area (Å²) in [5.41, 5.74) is 1.10. The third-order valence-corrected chi connectivity index (χ3v) is 6.29. The predicted octanol–water partition coefficient (Wildman–Crippen LogP) is 2.54. The molecule has 0 amide bonds. The first kappa shape index (κ1) is 25.2. The van der Waals surface area contributed by atoms with E-state index in [4.69, 9.17) is 0 Å². The Balaban J connectivity index is 0.00000392. The normalized spacial score (nSPS) is 19.6. The molecule has 0 radical (unpaired) electrons. The SMILES string of the molecule is CN=C(NCCc1ccc(S(C)(=O)=O)cc1)NCC(C)N1CCCC(C)C1.I. The maximum Gasteiger partial charge on any atom is 0.191 e. The third kappa shape index (κ3) is 8.24. The molecule has 1 aliphatic rings. The molecule has 0 saturated carbocycles. The van der Waals surface area contributed by atoms with Crippen LogP contribution in [0.15, 0.2) is 34.2 Å². The molecule has 0 aliphatic carbocycles. The van der Waals surface area contributed by atoms with Crippen LogP contribution in [0.4, 0.5) is 0 Å². The second-order valence-corrected chi connectivity index (χ2v) is 9.65. The molecule has 0 aromatic heterocycles. The van der Waals surface area contributed by atoms with Gasteiger partial charge in [-0.1, -0.05) is 19.1 Å². The fraction of sp³-hybridized carbons (Fsp3) is 0.650. The fourth-order valence-corrected chi connectivity index (χ4v) is 4.08. The first-order chi connectivity index (χ1) is 12.8. The van der Waals surface area contributed by atoms with Crippen molar-refractivity contribution in [2.45, 2.75) is 44.0 Å². The Labute approximate surface area is 187 Å². The van der Waals surface area contributed by atoms with Gasteiger partial charge in [-0.05, 0) is 56.3 Å². The van der Waals surface area contributed by atoms with E-state index < -0.39 is 9.84 Å². The molecule has 2 unspecified atom stereocenters. The van der Waals surface area contributed by atoms with Crippen LogP contribution in [0.25, 0.3) is 0 Å². The van der Waals surface area contributed by atoms with Crippen LogP contribution in [-0.2, 0) is 16.3 Å². The smallest absolute Gasteiger partial charge is 0.191 e. The van der Waals surface area contributed by atoms with Crippen LogP contribution in [0.2, 0.25) is 0 Å². The first-order valence-electron chi connectivity index (χ1n) is 9.77. The number of hydrogen-bond donors (Lipinski definition) is 2. The molecule has 2 rings (SSSR count). The molecule has 2 N–H and O–H groups in total. The summed E-state index contributed by atoms with van der Waals surface area (Å²) in [7, 11) is -1.35. The van der Waals surface area contributed by atoms with Crippen molar-refractivity contribution in [1.82, 2.24) is 15.5 Å². The first-order valence-corrected chi connectivity index (χ1v) is 11.7. The number of nitrogens with zero attached hydrogens (tertiary/aromatic N) is 2. The summed E-state index contributed by atoms with van der Waals surface area (Å²) in [4.78, 5) is 7.21. The van der Waals surface area contributed by atoms with Crippen molar-refractivity contribution in [3.05, 3.63) is 29.8 Å². The Bertz CT molecular complexity index is 722. The van der Waals surface area contributed by atoms with E-state index in [-0.39, 0.29) is 24.0 Å². The number of rotatable bonds is 7. The summed E-state index contributed by atoms with van der Waals surface area (Å²) in [6.45, 7) is 8.57. The summed E-state index contributed by atoms with van der Waals surface area (Å²) in [5.74, 6) is 1.59. The predicted molar refractivity (Wildman–Crippen MR) is 127 cm³/mol. The second-order valence-electron chi connectivity index (χ2n) is 7.64. The standard InChI is InChI=1S/C20H34N4O2S.HI/c1-16-6-5-13-24(15-16)17(2)14-23-20(21-3)22-12-11-18-7-9-19(10-8-18)27(4,25)26;/h7-10,16-17H,5-6,11-15H2,1-4H3,(H2,21,22,23);1H. The Morgan fingerprint density at radius 3 is 2.54 bits per heavy atom. The van der Waals surface area contributed by atoms with Gasteiger partial charge < -0.3 is 10.6 Å². The van der Waals surface area contributed by atoms with Gasteiger partial charge in [-0.15, -0.1) is 24.0 Å². The number of piperidine rings is 1. The molecule has 1 heterocycles. The van der Waals surface area contributed by atoms with Crippen LogP contribution >= 0.6 is 24.0 Å². The number of nitrogens with one attached hydrogen (secondary N) is 2. The molecule has 1 saturated heterocycles. The highest BCUT2D eigenvalue weighted by molar-refractivity contribution is 14.0. The average molecular weight is 522 g/mol. The zero-order valence-corrected chi connectivity index (χ0v) is 20.6. The summed E-state index contributed by atoms with van der Waals surface area (Å²) < 4.78 is 23.0. The van der Waals surface area contributed by atoms with Gasteiger partial charge in [0, 0.05) is 39.0 Å². The van der Waals surface area contributed by atoms with E-state index in [1.807, 2.05) is 12.1 Å². The van der Waals surface area contributed by atoms with Crippen LogP contribution in [0.3, 0.4) is 0 Å². The number of likely N-dealkylation sites (tertiary alicyclic amines) is 1. The molecule has 28 heavy (non-hydrogen) atoms. The molecule has 160 valence electrons. The van der Waals surface area contributed by atoms with E-state index in [9.17, 15) is 8.42 Å². The molecule has 6 nitrogen and oxygen atoms in total. The van der Waals surface area contributed by atoms with Crippen molar-refractivity contribution < 1.29 is 8.42 Å². The van der Waals surface area contributed by atoms with Crippen molar-refractivity contribution in [1.29, 1.82) is 0 Å². The molecule has 2 atom stereocenters. The summed E-state index contributed by atoms with van der Waals surface area (Å²) >= 11 is 0. The van der Waals surface area contributed by atoms with Gasteiger partial charge in [-0.25, -0.2) is 8.42 Å². The summed E-state index contributed by atoms with van der Waals surface area (Å²) in [6, 6.07) is 7.55. The topological polar surface area (TPSA) is 73.8 Å². The summed E-state index contributed by atoms with van der Waals surface area (Å²) in [5, 5.41) is 6.75. The highest BCUT2D eigenvalue weighted by atomic mass is 127. The largest absolute Gasteiger partial charge is 0.356 e. The minimum atomic E-state index is -3.13. The number of hydrogen-bond acceptors (Lipinski definition) is 4. The Hall–Kier alpha value is -0.870. The maximum absolute atomic E-state index is 11.5. The molecule has 1 aromatic rings. The van der Waals surface area contributed by atoms with Crippen LogP contribution in [0, 0.1) is 5.92 Å². The average Bonchev–Trinajstić information content (AvgIpc) is 2.64. The molecular formula is C20H35IN4O2S. The second kappa shape index (κ2) is 12.0. The van der Waals surface area contributed by atoms with E-state index in [0.717, 1.165) is 37.0 Å². The Morgan fingerprint density at radius 1 is 1.29 bits per heavy atom. The highest BCUT2D eigenvalue weighted by Gasteiger charge is 2.20. The van der Waals surface area contributed by atoms with Crippen molar-refractivity contribution in [2.24, 2.45) is 10.9 Å². The quantitative estimate of drug-likeness (QED) is 0.327. The molecule has 0 spiro atoms. The monoisotopic (exact) mass is 522 g/mol. The molecule has 1 aliphatic heterocycles. The van der Waals surface area contributed by atoms with Crippen LogP contribution < -0.4 is 10.6 Å². The lowest BCUT2D eigenvalue weighted by molar-refractivity contribution is 0.139. The lowest BCUT2D eigenvalue weighted by Crippen LogP contribution is -2.48. The number of halogens is 1. The van der Waals surface area contributed by atoms with E-state index in [2.05, 4.69) is 34.4 Å². The van der Waals surface area contributed by atoms with Gasteiger partial charge in [0.25, 0.3) is 0 Å². The van der Waals surface area contributed by atoms with Crippen LogP contribution in [-0.4, -0.2) is 64.8 Å². The van der Waals surface area contributed by atoms with E-state index >= 15 is 0 Å². The number of guanidine groups is 1. The van der Waals surface area contributed by atoms with Crippen molar-refractivity contribution in [3.63, 3.8) is 0 Å². The van der Waals surface area contributed by atoms with Crippen molar-refractivity contribution >= 4 is 39.8 Å². The minimum Gasteiger partial charge on any atom is -0.356 e. The van der Waals surface area contributed by atoms with Gasteiger partial charge in [0.2, 0.25) is 0 Å². The van der Waals surface area contributed by atoms with Gasteiger partial charge in [0.1, 0.15) is 0 Å². The molecule has 8 heteroatoms. The molecular weight excluding hydrogens is 487 g/mol. The number of aliphatic imine (C=N–C) groups is 1. The van der Waals surface area contributed by atoms with E-state index in [0.29, 0.717) is 10.9 Å². The molecule has 1 fully saturated rings. The Morgan fingerprint density at radius 2 is 1.96 bits per heavy atom. The zero-order chi connectivity index (χ0) is 19.9. The van der Waals surface area contributed by atoms with Gasteiger partial charge in [-0.2, -0.15) is 0 Å². The van der Waals surface area contributed by atoms with Crippen LogP contribution in [0.5, 0.6) is 0 Å². The van der Waals surface area contributed by atoms with Crippen LogP contribution in [0.1, 0.15) is 32.3 Å². The number of benzene rings is 1. The summed E-state index contributed by atoms with van der Waals surface area (Å²) in [6.07, 6.45) is 4.66. The van der Waals surface area contributed by atoms with Gasteiger partial charge in [-0.3, -0.25) is 9.89 Å². The maximum atomic E-state index is 11.5. The van der Waals surface area contributed by atoms with Crippen molar-refractivity contribution in [2.75, 3.05) is 39.5 Å². The Kier molecular flexibility index (Phi) is 10.8. The van der Waals surface area contributed by atoms with Gasteiger partial charge >= 0.3 is 0 Å². The lowest BCUT2D eigenvalue weighted by atomic mass is 9.99. The van der Waals surface area contributed by atoms with E-state index in [1.165, 1.54) is 32.2 Å². The highest BCUT2D eigenvalue weighted by Crippen LogP contribution is 2.17. The van der Waals surface area contributed by atoms with E-state index in [1.54, 1.807) is 19.2 Å². The van der Waals surface area contributed by atoms with Crippen molar-refractivity contribution in [3.8, 4) is 0 Å². The molecule has 1 aromatic carbocycles. The third-order valence-electron chi connectivity index (χ3n) is 5.16.